The largest absolute Gasteiger partial charge is 0.481 e. The molecule has 0 bridgehead atoms. The smallest absolute Gasteiger partial charge is 0.315 e. The van der Waals surface area contributed by atoms with E-state index in [1.807, 2.05) is 0 Å². The molecule has 5 nitrogen and oxygen atoms in total. The van der Waals surface area contributed by atoms with Crippen LogP contribution in [0, 0.1) is 0 Å². The SMILES string of the molecule is CC(C)(C)OC(=O)C(c1ccc(Br)cc1)[C@H](N)CC(=O)O. The number of carbonyl (C=O) groups is 2. The fraction of sp³-hybridized carbons (Fsp3) is 0.467. The number of benzene rings is 1. The van der Waals surface area contributed by atoms with Gasteiger partial charge in [0.25, 0.3) is 0 Å². The molecule has 1 aromatic rings. The van der Waals surface area contributed by atoms with Crippen LogP contribution < -0.4 is 5.73 Å². The van der Waals surface area contributed by atoms with Crippen molar-refractivity contribution in [1.29, 1.82) is 0 Å². The Morgan fingerprint density at radius 1 is 1.29 bits per heavy atom. The van der Waals surface area contributed by atoms with Crippen molar-refractivity contribution >= 4 is 27.9 Å². The Kier molecular flexibility index (Phi) is 5.92. The van der Waals surface area contributed by atoms with Gasteiger partial charge in [0.1, 0.15) is 5.60 Å². The summed E-state index contributed by atoms with van der Waals surface area (Å²) in [6.07, 6.45) is -0.306. The molecule has 6 heteroatoms. The highest BCUT2D eigenvalue weighted by Crippen LogP contribution is 2.26. The van der Waals surface area contributed by atoms with Gasteiger partial charge in [-0.1, -0.05) is 28.1 Å². The molecule has 0 fully saturated rings. The van der Waals surface area contributed by atoms with Gasteiger partial charge in [0, 0.05) is 10.5 Å². The fourth-order valence-corrected chi connectivity index (χ4v) is 2.18. The summed E-state index contributed by atoms with van der Waals surface area (Å²) >= 11 is 3.32. The molecule has 0 spiro atoms. The minimum Gasteiger partial charge on any atom is -0.481 e. The van der Waals surface area contributed by atoms with E-state index in [9.17, 15) is 9.59 Å². The normalized spacial score (nSPS) is 14.3. The molecule has 0 aliphatic heterocycles. The lowest BCUT2D eigenvalue weighted by Crippen LogP contribution is -2.39. The minimum atomic E-state index is -1.05. The van der Waals surface area contributed by atoms with Gasteiger partial charge in [-0.25, -0.2) is 0 Å². The van der Waals surface area contributed by atoms with Crippen LogP contribution in [0.1, 0.15) is 38.7 Å². The molecular weight excluding hydrogens is 338 g/mol. The molecule has 0 saturated carbocycles. The summed E-state index contributed by atoms with van der Waals surface area (Å²) in [6.45, 7) is 5.27. The molecule has 0 amide bonds. The van der Waals surface area contributed by atoms with E-state index >= 15 is 0 Å². The summed E-state index contributed by atoms with van der Waals surface area (Å²) < 4.78 is 6.23. The Morgan fingerprint density at radius 3 is 2.24 bits per heavy atom. The number of halogens is 1. The Morgan fingerprint density at radius 2 is 1.81 bits per heavy atom. The van der Waals surface area contributed by atoms with Crippen LogP contribution in [0.3, 0.4) is 0 Å². The highest BCUT2D eigenvalue weighted by molar-refractivity contribution is 9.10. The summed E-state index contributed by atoms with van der Waals surface area (Å²) in [5, 5.41) is 8.90. The summed E-state index contributed by atoms with van der Waals surface area (Å²) in [6, 6.07) is 6.18. The first-order valence-electron chi connectivity index (χ1n) is 6.56. The second-order valence-corrected chi connectivity index (χ2v) is 6.74. The van der Waals surface area contributed by atoms with Crippen molar-refractivity contribution in [2.24, 2.45) is 5.73 Å². The van der Waals surface area contributed by atoms with Gasteiger partial charge in [0.15, 0.2) is 0 Å². The van der Waals surface area contributed by atoms with Gasteiger partial charge in [-0.3, -0.25) is 9.59 Å². The quantitative estimate of drug-likeness (QED) is 0.790. The van der Waals surface area contributed by atoms with Crippen molar-refractivity contribution in [2.75, 3.05) is 0 Å². The third kappa shape index (κ3) is 5.85. The highest BCUT2D eigenvalue weighted by Gasteiger charge is 2.32. The van der Waals surface area contributed by atoms with E-state index in [1.165, 1.54) is 0 Å². The minimum absolute atomic E-state index is 0.306. The predicted octanol–water partition coefficient (Wildman–Crippen LogP) is 2.68. The molecule has 2 atom stereocenters. The van der Waals surface area contributed by atoms with Crippen molar-refractivity contribution in [1.82, 2.24) is 0 Å². The zero-order chi connectivity index (χ0) is 16.2. The van der Waals surface area contributed by atoms with Crippen LogP contribution in [0.4, 0.5) is 0 Å². The first kappa shape index (κ1) is 17.7. The third-order valence-corrected chi connectivity index (χ3v) is 3.26. The number of nitrogens with two attached hydrogens (primary N) is 1. The monoisotopic (exact) mass is 357 g/mol. The van der Waals surface area contributed by atoms with Crippen LogP contribution in [0.15, 0.2) is 28.7 Å². The molecule has 1 aromatic carbocycles. The standard InChI is InChI=1S/C15H20BrNO4/c1-15(2,3)21-14(20)13(11(17)8-12(18)19)9-4-6-10(16)7-5-9/h4-7,11,13H,8,17H2,1-3H3,(H,18,19)/t11-,13?/m1/s1. The van der Waals surface area contributed by atoms with Gasteiger partial charge in [-0.15, -0.1) is 0 Å². The van der Waals surface area contributed by atoms with Crippen molar-refractivity contribution in [2.45, 2.75) is 44.8 Å². The number of hydrogen-bond acceptors (Lipinski definition) is 4. The van der Waals surface area contributed by atoms with Gasteiger partial charge in [-0.2, -0.15) is 0 Å². The van der Waals surface area contributed by atoms with Crippen molar-refractivity contribution in [3.8, 4) is 0 Å². The average molecular weight is 358 g/mol. The number of rotatable bonds is 5. The number of carboxylic acid groups (broad SMARTS) is 1. The second-order valence-electron chi connectivity index (χ2n) is 5.82. The second kappa shape index (κ2) is 7.04. The maximum absolute atomic E-state index is 12.4. The Labute approximate surface area is 132 Å². The van der Waals surface area contributed by atoms with E-state index < -0.39 is 29.5 Å². The maximum Gasteiger partial charge on any atom is 0.315 e. The number of ether oxygens (including phenoxy) is 1. The van der Waals surface area contributed by atoms with E-state index in [4.69, 9.17) is 15.6 Å². The Hall–Kier alpha value is -1.40. The molecule has 1 rings (SSSR count). The predicted molar refractivity (Wildman–Crippen MR) is 83.0 cm³/mol. The molecule has 1 unspecified atom stereocenters. The van der Waals surface area contributed by atoms with Gasteiger partial charge in [0.2, 0.25) is 0 Å². The lowest BCUT2D eigenvalue weighted by Gasteiger charge is -2.27. The third-order valence-electron chi connectivity index (χ3n) is 2.73. The van der Waals surface area contributed by atoms with Gasteiger partial charge in [-0.05, 0) is 38.5 Å². The van der Waals surface area contributed by atoms with E-state index in [0.717, 1.165) is 4.47 Å². The molecule has 116 valence electrons. The van der Waals surface area contributed by atoms with Crippen molar-refractivity contribution in [3.63, 3.8) is 0 Å². The van der Waals surface area contributed by atoms with Crippen molar-refractivity contribution < 1.29 is 19.4 Å². The molecule has 0 radical (unpaired) electrons. The fourth-order valence-electron chi connectivity index (χ4n) is 1.91. The number of carbonyl (C=O) groups excluding carboxylic acids is 1. The van der Waals surface area contributed by atoms with E-state index in [1.54, 1.807) is 45.0 Å². The zero-order valence-electron chi connectivity index (χ0n) is 12.3. The van der Waals surface area contributed by atoms with E-state index in [0.29, 0.717) is 5.56 Å². The maximum atomic E-state index is 12.4. The van der Waals surface area contributed by atoms with Gasteiger partial charge >= 0.3 is 11.9 Å². The van der Waals surface area contributed by atoms with Gasteiger partial charge < -0.3 is 15.6 Å². The first-order chi connectivity index (χ1) is 9.60. The molecule has 21 heavy (non-hydrogen) atoms. The summed E-state index contributed by atoms with van der Waals surface area (Å²) in [5.74, 6) is -2.37. The summed E-state index contributed by atoms with van der Waals surface area (Å²) in [7, 11) is 0. The van der Waals surface area contributed by atoms with Crippen LogP contribution in [0.25, 0.3) is 0 Å². The molecular formula is C15H20BrNO4. The molecule has 3 N–H and O–H groups in total. The number of hydrogen-bond donors (Lipinski definition) is 2. The van der Waals surface area contributed by atoms with Crippen LogP contribution >= 0.6 is 15.9 Å². The average Bonchev–Trinajstić information content (AvgIpc) is 2.28. The van der Waals surface area contributed by atoms with E-state index in [2.05, 4.69) is 15.9 Å². The topological polar surface area (TPSA) is 89.6 Å². The van der Waals surface area contributed by atoms with Crippen LogP contribution in [-0.4, -0.2) is 28.7 Å². The Balaban J connectivity index is 3.07. The number of aliphatic carboxylic acids is 1. The first-order valence-corrected chi connectivity index (χ1v) is 7.35. The van der Waals surface area contributed by atoms with Crippen LogP contribution in [0.5, 0.6) is 0 Å². The number of carboxylic acids is 1. The van der Waals surface area contributed by atoms with Crippen LogP contribution in [-0.2, 0) is 14.3 Å². The molecule has 0 heterocycles. The molecule has 0 aliphatic rings. The molecule has 0 saturated heterocycles. The molecule has 0 aliphatic carbocycles. The van der Waals surface area contributed by atoms with Gasteiger partial charge in [0.05, 0.1) is 12.3 Å². The lowest BCUT2D eigenvalue weighted by atomic mass is 9.90. The summed E-state index contributed by atoms with van der Waals surface area (Å²) in [5.41, 5.74) is 5.90. The van der Waals surface area contributed by atoms with Crippen molar-refractivity contribution in [3.05, 3.63) is 34.3 Å². The van der Waals surface area contributed by atoms with E-state index in [-0.39, 0.29) is 6.42 Å². The summed E-state index contributed by atoms with van der Waals surface area (Å²) in [4.78, 5) is 23.2. The zero-order valence-corrected chi connectivity index (χ0v) is 13.9. The Bertz CT molecular complexity index is 507. The highest BCUT2D eigenvalue weighted by atomic mass is 79.9. The van der Waals surface area contributed by atoms with Crippen LogP contribution in [0.2, 0.25) is 0 Å². The molecule has 0 aromatic heterocycles. The number of esters is 1. The lowest BCUT2D eigenvalue weighted by molar-refractivity contribution is -0.157.